The van der Waals surface area contributed by atoms with Gasteiger partial charge < -0.3 is 9.97 Å². The Hall–Kier alpha value is -2.43. The molecule has 0 bridgehead atoms. The highest BCUT2D eigenvalue weighted by molar-refractivity contribution is 5.39. The molecule has 0 unspecified atom stereocenters. The minimum absolute atomic E-state index is 0.0487. The lowest BCUT2D eigenvalue weighted by Gasteiger charge is -2.16. The van der Waals surface area contributed by atoms with Crippen molar-refractivity contribution < 1.29 is 13.2 Å². The van der Waals surface area contributed by atoms with E-state index in [4.69, 9.17) is 0 Å². The first-order chi connectivity index (χ1) is 9.66. The molecule has 0 atom stereocenters. The van der Waals surface area contributed by atoms with E-state index < -0.39 is 23.4 Å². The van der Waals surface area contributed by atoms with E-state index >= 15 is 0 Å². The Morgan fingerprint density at radius 3 is 1.95 bits per heavy atom. The van der Waals surface area contributed by atoms with Crippen molar-refractivity contribution in [3.05, 3.63) is 83.2 Å². The lowest BCUT2D eigenvalue weighted by molar-refractivity contribution is 0.482. The maximum Gasteiger partial charge on any atom is 0.163 e. The second kappa shape index (κ2) is 4.92. The Balaban J connectivity index is 2.21. The highest BCUT2D eigenvalue weighted by atomic mass is 19.2. The second-order valence-electron chi connectivity index (χ2n) is 4.47. The van der Waals surface area contributed by atoms with Crippen LogP contribution in [0, 0.1) is 17.5 Å². The third-order valence-electron chi connectivity index (χ3n) is 3.20. The minimum Gasteiger partial charge on any atom is -0.364 e. The van der Waals surface area contributed by atoms with Crippen molar-refractivity contribution in [2.75, 3.05) is 0 Å². The van der Waals surface area contributed by atoms with Gasteiger partial charge in [-0.3, -0.25) is 0 Å². The molecule has 2 nitrogen and oxygen atoms in total. The standard InChI is InChI=1S/C15H11F3N2/c16-9-7-10(15(18)11(17)8-9)14(12-3-1-5-19-12)13-4-2-6-20-13/h1-8,14,19-20H. The van der Waals surface area contributed by atoms with Crippen LogP contribution in [0.2, 0.25) is 0 Å². The number of hydrogen-bond acceptors (Lipinski definition) is 0. The van der Waals surface area contributed by atoms with Gasteiger partial charge in [0.15, 0.2) is 11.6 Å². The molecule has 2 heterocycles. The third-order valence-corrected chi connectivity index (χ3v) is 3.20. The molecule has 2 N–H and O–H groups in total. The number of aromatic amines is 2. The summed E-state index contributed by atoms with van der Waals surface area (Å²) in [5.74, 6) is -3.66. The molecule has 3 aromatic rings. The van der Waals surface area contributed by atoms with E-state index in [9.17, 15) is 13.2 Å². The molecule has 0 amide bonds. The van der Waals surface area contributed by atoms with Crippen molar-refractivity contribution >= 4 is 0 Å². The highest BCUT2D eigenvalue weighted by Gasteiger charge is 2.24. The molecule has 5 heteroatoms. The van der Waals surface area contributed by atoms with E-state index in [-0.39, 0.29) is 5.56 Å². The quantitative estimate of drug-likeness (QED) is 0.679. The van der Waals surface area contributed by atoms with Crippen molar-refractivity contribution in [2.45, 2.75) is 5.92 Å². The molecule has 0 spiro atoms. The van der Waals surface area contributed by atoms with Gasteiger partial charge in [-0.05, 0) is 30.3 Å². The van der Waals surface area contributed by atoms with E-state index in [2.05, 4.69) is 9.97 Å². The van der Waals surface area contributed by atoms with Gasteiger partial charge in [0.2, 0.25) is 0 Å². The van der Waals surface area contributed by atoms with Crippen LogP contribution in [0.1, 0.15) is 22.9 Å². The number of aromatic nitrogens is 2. The molecule has 0 radical (unpaired) electrons. The molecule has 0 aliphatic carbocycles. The van der Waals surface area contributed by atoms with E-state index in [1.165, 1.54) is 0 Å². The number of hydrogen-bond donors (Lipinski definition) is 2. The summed E-state index contributed by atoms with van der Waals surface area (Å²) >= 11 is 0. The molecule has 1 aromatic carbocycles. The third kappa shape index (κ3) is 2.11. The van der Waals surface area contributed by atoms with E-state index in [1.54, 1.807) is 36.7 Å². The van der Waals surface area contributed by atoms with Crippen LogP contribution < -0.4 is 0 Å². The smallest absolute Gasteiger partial charge is 0.163 e. The van der Waals surface area contributed by atoms with Crippen molar-refractivity contribution in [3.63, 3.8) is 0 Å². The monoisotopic (exact) mass is 276 g/mol. The number of halogens is 3. The first kappa shape index (κ1) is 12.6. The summed E-state index contributed by atoms with van der Waals surface area (Å²) in [6, 6.07) is 8.54. The molecule has 0 fully saturated rings. The molecule has 2 aromatic heterocycles. The maximum atomic E-state index is 14.0. The first-order valence-electron chi connectivity index (χ1n) is 6.08. The zero-order valence-corrected chi connectivity index (χ0v) is 10.3. The van der Waals surface area contributed by atoms with Gasteiger partial charge in [-0.25, -0.2) is 13.2 Å². The Labute approximate surface area is 113 Å². The Bertz CT molecular complexity index is 669. The summed E-state index contributed by atoms with van der Waals surface area (Å²) in [6.45, 7) is 0. The second-order valence-corrected chi connectivity index (χ2v) is 4.47. The molecule has 20 heavy (non-hydrogen) atoms. The Morgan fingerprint density at radius 1 is 0.850 bits per heavy atom. The minimum atomic E-state index is -1.19. The van der Waals surface area contributed by atoms with Crippen molar-refractivity contribution in [1.29, 1.82) is 0 Å². The molecule has 0 aliphatic heterocycles. The zero-order chi connectivity index (χ0) is 14.1. The van der Waals surface area contributed by atoms with Gasteiger partial charge in [0, 0.05) is 35.4 Å². The summed E-state index contributed by atoms with van der Waals surface area (Å²) in [5, 5.41) is 0. The van der Waals surface area contributed by atoms with E-state index in [0.717, 1.165) is 6.07 Å². The molecule has 3 rings (SSSR count). The van der Waals surface area contributed by atoms with Gasteiger partial charge in [0.1, 0.15) is 5.82 Å². The topological polar surface area (TPSA) is 31.6 Å². The summed E-state index contributed by atoms with van der Waals surface area (Å²) in [5.41, 5.74) is 1.25. The van der Waals surface area contributed by atoms with Gasteiger partial charge in [-0.1, -0.05) is 0 Å². The van der Waals surface area contributed by atoms with E-state index in [0.29, 0.717) is 17.5 Å². The van der Waals surface area contributed by atoms with Crippen LogP contribution in [0.15, 0.2) is 48.8 Å². The van der Waals surface area contributed by atoms with Gasteiger partial charge in [0.25, 0.3) is 0 Å². The van der Waals surface area contributed by atoms with Crippen LogP contribution >= 0.6 is 0 Å². The van der Waals surface area contributed by atoms with E-state index in [1.807, 2.05) is 0 Å². The summed E-state index contributed by atoms with van der Waals surface area (Å²) < 4.78 is 40.9. The zero-order valence-electron chi connectivity index (χ0n) is 10.3. The molecule has 0 saturated heterocycles. The van der Waals surface area contributed by atoms with Crippen LogP contribution in [0.5, 0.6) is 0 Å². The fourth-order valence-corrected chi connectivity index (χ4v) is 2.34. The lowest BCUT2D eigenvalue weighted by Crippen LogP contribution is -2.08. The summed E-state index contributed by atoms with van der Waals surface area (Å²) in [6.07, 6.45) is 3.36. The molecule has 0 saturated carbocycles. The van der Waals surface area contributed by atoms with Gasteiger partial charge in [0.05, 0.1) is 5.92 Å². The maximum absolute atomic E-state index is 14.0. The number of benzene rings is 1. The van der Waals surface area contributed by atoms with Crippen molar-refractivity contribution in [3.8, 4) is 0 Å². The fourth-order valence-electron chi connectivity index (χ4n) is 2.34. The van der Waals surface area contributed by atoms with Crippen LogP contribution in [0.3, 0.4) is 0 Å². The Kier molecular flexibility index (Phi) is 3.10. The predicted molar refractivity (Wildman–Crippen MR) is 68.8 cm³/mol. The molecular formula is C15H11F3N2. The van der Waals surface area contributed by atoms with Crippen LogP contribution in [-0.4, -0.2) is 9.97 Å². The SMILES string of the molecule is Fc1cc(F)c(F)c(C(c2ccc[nH]2)c2ccc[nH]2)c1. The number of H-pyrrole nitrogens is 2. The largest absolute Gasteiger partial charge is 0.364 e. The lowest BCUT2D eigenvalue weighted by atomic mass is 9.92. The fraction of sp³-hybridized carbons (Fsp3) is 0.0667. The van der Waals surface area contributed by atoms with Crippen LogP contribution in [0.25, 0.3) is 0 Å². The Morgan fingerprint density at radius 2 is 1.45 bits per heavy atom. The summed E-state index contributed by atoms with van der Waals surface area (Å²) in [4.78, 5) is 5.92. The normalized spacial score (nSPS) is 11.2. The average molecular weight is 276 g/mol. The molecule has 0 aliphatic rings. The summed E-state index contributed by atoms with van der Waals surface area (Å²) in [7, 11) is 0. The number of nitrogens with one attached hydrogen (secondary N) is 2. The van der Waals surface area contributed by atoms with Crippen LogP contribution in [-0.2, 0) is 0 Å². The van der Waals surface area contributed by atoms with Gasteiger partial charge in [-0.15, -0.1) is 0 Å². The van der Waals surface area contributed by atoms with Crippen molar-refractivity contribution in [1.82, 2.24) is 9.97 Å². The van der Waals surface area contributed by atoms with Crippen LogP contribution in [0.4, 0.5) is 13.2 Å². The highest BCUT2D eigenvalue weighted by Crippen LogP contribution is 2.32. The van der Waals surface area contributed by atoms with Crippen molar-refractivity contribution in [2.24, 2.45) is 0 Å². The average Bonchev–Trinajstić information content (AvgIpc) is 3.08. The molecule has 102 valence electrons. The van der Waals surface area contributed by atoms with Gasteiger partial charge >= 0.3 is 0 Å². The van der Waals surface area contributed by atoms with Gasteiger partial charge in [-0.2, -0.15) is 0 Å². The molecular weight excluding hydrogens is 265 g/mol. The number of rotatable bonds is 3. The predicted octanol–water partition coefficient (Wildman–Crippen LogP) is 3.94. The first-order valence-corrected chi connectivity index (χ1v) is 6.08.